The highest BCUT2D eigenvalue weighted by molar-refractivity contribution is 6.10. The van der Waals surface area contributed by atoms with Crippen molar-refractivity contribution in [3.63, 3.8) is 0 Å². The fraction of sp³-hybridized carbons (Fsp3) is 0.391. The van der Waals surface area contributed by atoms with Crippen molar-refractivity contribution in [1.82, 2.24) is 4.90 Å². The van der Waals surface area contributed by atoms with E-state index in [1.807, 2.05) is 50.2 Å². The van der Waals surface area contributed by atoms with E-state index < -0.39 is 11.5 Å². The van der Waals surface area contributed by atoms with Crippen LogP contribution in [0.15, 0.2) is 42.5 Å². The van der Waals surface area contributed by atoms with E-state index >= 15 is 0 Å². The Bertz CT molecular complexity index is 965. The van der Waals surface area contributed by atoms with E-state index in [9.17, 15) is 9.59 Å². The summed E-state index contributed by atoms with van der Waals surface area (Å²) >= 11 is 0. The number of fused-ring (bicyclic) bond motifs is 4. The molecule has 3 aliphatic rings. The number of nitrogens with one attached hydrogen (secondary N) is 2. The van der Waals surface area contributed by atoms with Gasteiger partial charge in [-0.3, -0.25) is 14.5 Å². The minimum absolute atomic E-state index is 0.0568. The molecule has 0 aromatic heterocycles. The molecule has 144 valence electrons. The molecule has 2 fully saturated rings. The third-order valence-electron chi connectivity index (χ3n) is 6.58. The van der Waals surface area contributed by atoms with Crippen molar-refractivity contribution >= 4 is 23.2 Å². The summed E-state index contributed by atoms with van der Waals surface area (Å²) in [5.74, 6) is -0.521. The molecule has 0 radical (unpaired) electrons. The predicted molar refractivity (Wildman–Crippen MR) is 109 cm³/mol. The minimum atomic E-state index is -0.888. The van der Waals surface area contributed by atoms with Crippen molar-refractivity contribution in [1.29, 1.82) is 0 Å². The molecule has 5 nitrogen and oxygen atoms in total. The van der Waals surface area contributed by atoms with Crippen LogP contribution < -0.4 is 10.6 Å². The predicted octanol–water partition coefficient (Wildman–Crippen LogP) is 3.57. The molecule has 0 unspecified atom stereocenters. The van der Waals surface area contributed by atoms with Crippen LogP contribution in [0.3, 0.4) is 0 Å². The number of nitrogens with zero attached hydrogens (tertiary/aromatic N) is 1. The van der Waals surface area contributed by atoms with E-state index in [0.717, 1.165) is 53.9 Å². The number of amides is 2. The average Bonchev–Trinajstić information content (AvgIpc) is 3.29. The largest absolute Gasteiger partial charge is 0.326 e. The first-order valence-electron chi connectivity index (χ1n) is 10.1. The van der Waals surface area contributed by atoms with E-state index in [-0.39, 0.29) is 17.9 Å². The van der Waals surface area contributed by atoms with Gasteiger partial charge in [-0.1, -0.05) is 24.3 Å². The first-order valence-corrected chi connectivity index (χ1v) is 10.1. The van der Waals surface area contributed by atoms with Crippen molar-refractivity contribution in [3.8, 4) is 0 Å². The second-order valence-electron chi connectivity index (χ2n) is 8.41. The highest BCUT2D eigenvalue weighted by Gasteiger charge is 2.65. The van der Waals surface area contributed by atoms with Gasteiger partial charge in [-0.05, 0) is 69.0 Å². The van der Waals surface area contributed by atoms with Gasteiger partial charge >= 0.3 is 0 Å². The molecule has 3 atom stereocenters. The fourth-order valence-electron chi connectivity index (χ4n) is 5.66. The van der Waals surface area contributed by atoms with Crippen LogP contribution in [-0.4, -0.2) is 29.3 Å². The van der Waals surface area contributed by atoms with Crippen LogP contribution in [0.1, 0.15) is 36.0 Å². The molecule has 3 aliphatic heterocycles. The zero-order chi connectivity index (χ0) is 19.5. The summed E-state index contributed by atoms with van der Waals surface area (Å²) in [4.78, 5) is 29.1. The Kier molecular flexibility index (Phi) is 3.85. The topological polar surface area (TPSA) is 61.4 Å². The summed E-state index contributed by atoms with van der Waals surface area (Å²) in [7, 11) is 0. The lowest BCUT2D eigenvalue weighted by molar-refractivity contribution is -0.135. The Morgan fingerprint density at radius 3 is 2.71 bits per heavy atom. The molecule has 2 aromatic rings. The van der Waals surface area contributed by atoms with Gasteiger partial charge in [-0.2, -0.15) is 0 Å². The molecule has 0 saturated carbocycles. The van der Waals surface area contributed by atoms with E-state index in [2.05, 4.69) is 21.6 Å². The molecule has 5 rings (SSSR count). The van der Waals surface area contributed by atoms with Gasteiger partial charge in [0.2, 0.25) is 11.8 Å². The second kappa shape index (κ2) is 6.17. The van der Waals surface area contributed by atoms with E-state index in [0.29, 0.717) is 0 Å². The van der Waals surface area contributed by atoms with Crippen molar-refractivity contribution in [2.75, 3.05) is 17.2 Å². The normalized spacial score (nSPS) is 28.3. The van der Waals surface area contributed by atoms with Gasteiger partial charge in [0.15, 0.2) is 0 Å². The van der Waals surface area contributed by atoms with Crippen LogP contribution in [-0.2, 0) is 15.1 Å². The number of hydrogen-bond donors (Lipinski definition) is 2. The molecule has 0 aliphatic carbocycles. The lowest BCUT2D eigenvalue weighted by Gasteiger charge is -2.36. The quantitative estimate of drug-likeness (QED) is 0.844. The third-order valence-corrected chi connectivity index (χ3v) is 6.58. The number of hydrogen-bond acceptors (Lipinski definition) is 3. The zero-order valence-corrected chi connectivity index (χ0v) is 16.3. The second-order valence-corrected chi connectivity index (χ2v) is 8.41. The Morgan fingerprint density at radius 1 is 1.18 bits per heavy atom. The summed E-state index contributed by atoms with van der Waals surface area (Å²) in [6, 6.07) is 14.2. The molecular weight excluding hydrogens is 350 g/mol. The van der Waals surface area contributed by atoms with Crippen LogP contribution >= 0.6 is 0 Å². The molecule has 3 heterocycles. The summed E-state index contributed by atoms with van der Waals surface area (Å²) in [5.41, 5.74) is 3.92. The SMILES string of the molecule is Cc1cc(C)cc(NC(=O)[C@H]2C[C@H]3CCCN3[C@@]23C(=O)Nc2ccccc23)c1. The molecule has 2 saturated heterocycles. The van der Waals surface area contributed by atoms with Crippen molar-refractivity contribution < 1.29 is 9.59 Å². The standard InChI is InChI=1S/C23H25N3O2/c1-14-10-15(2)12-16(11-14)24-21(27)19-13-17-6-5-9-26(17)23(19)18-7-3-4-8-20(18)25-22(23)28/h3-4,7-8,10-12,17,19H,5-6,9,13H2,1-2H3,(H,24,27)(H,25,28)/t17-,19-,23-/m1/s1. The van der Waals surface area contributed by atoms with Crippen LogP contribution in [0, 0.1) is 19.8 Å². The molecule has 0 bridgehead atoms. The summed E-state index contributed by atoms with van der Waals surface area (Å²) in [6.45, 7) is 4.91. The molecule has 28 heavy (non-hydrogen) atoms. The third kappa shape index (κ3) is 2.35. The Balaban J connectivity index is 1.57. The highest BCUT2D eigenvalue weighted by atomic mass is 16.2. The van der Waals surface area contributed by atoms with Gasteiger partial charge in [0.05, 0.1) is 5.92 Å². The van der Waals surface area contributed by atoms with Gasteiger partial charge in [-0.15, -0.1) is 0 Å². The maximum atomic E-state index is 13.5. The van der Waals surface area contributed by atoms with Crippen molar-refractivity contribution in [2.45, 2.75) is 44.7 Å². The molecule has 2 aromatic carbocycles. The van der Waals surface area contributed by atoms with Crippen molar-refractivity contribution in [2.24, 2.45) is 5.92 Å². The van der Waals surface area contributed by atoms with Gasteiger partial charge in [0.25, 0.3) is 0 Å². The number of aryl methyl sites for hydroxylation is 2. The highest BCUT2D eigenvalue weighted by Crippen LogP contribution is 2.55. The van der Waals surface area contributed by atoms with Gasteiger partial charge in [0, 0.05) is 23.0 Å². The van der Waals surface area contributed by atoms with Gasteiger partial charge in [0.1, 0.15) is 5.54 Å². The first-order chi connectivity index (χ1) is 13.5. The number of para-hydroxylation sites is 1. The maximum absolute atomic E-state index is 13.5. The Labute approximate surface area is 165 Å². The molecule has 2 N–H and O–H groups in total. The van der Waals surface area contributed by atoms with Crippen LogP contribution in [0.25, 0.3) is 0 Å². The number of benzene rings is 2. The number of carbonyl (C=O) groups excluding carboxylic acids is 2. The maximum Gasteiger partial charge on any atom is 0.250 e. The molecule has 1 spiro atoms. The number of carbonyl (C=O) groups is 2. The first kappa shape index (κ1) is 17.4. The monoisotopic (exact) mass is 375 g/mol. The Hall–Kier alpha value is -2.66. The van der Waals surface area contributed by atoms with E-state index in [4.69, 9.17) is 0 Å². The van der Waals surface area contributed by atoms with Crippen LogP contribution in [0.4, 0.5) is 11.4 Å². The lowest BCUT2D eigenvalue weighted by Crippen LogP contribution is -2.53. The molecule has 5 heteroatoms. The summed E-state index contributed by atoms with van der Waals surface area (Å²) < 4.78 is 0. The summed E-state index contributed by atoms with van der Waals surface area (Å²) in [6.07, 6.45) is 2.84. The average molecular weight is 375 g/mol. The summed E-state index contributed by atoms with van der Waals surface area (Å²) in [5, 5.41) is 6.16. The van der Waals surface area contributed by atoms with Gasteiger partial charge in [-0.25, -0.2) is 0 Å². The number of anilines is 2. The zero-order valence-electron chi connectivity index (χ0n) is 16.3. The van der Waals surface area contributed by atoms with Crippen molar-refractivity contribution in [3.05, 3.63) is 59.2 Å². The Morgan fingerprint density at radius 2 is 1.93 bits per heavy atom. The van der Waals surface area contributed by atoms with Crippen LogP contribution in [0.2, 0.25) is 0 Å². The van der Waals surface area contributed by atoms with Gasteiger partial charge < -0.3 is 10.6 Å². The van der Waals surface area contributed by atoms with Crippen LogP contribution in [0.5, 0.6) is 0 Å². The molecular formula is C23H25N3O2. The fourth-order valence-corrected chi connectivity index (χ4v) is 5.66. The smallest absolute Gasteiger partial charge is 0.250 e. The number of rotatable bonds is 2. The minimum Gasteiger partial charge on any atom is -0.326 e. The lowest BCUT2D eigenvalue weighted by atomic mass is 9.78. The molecule has 2 amide bonds. The van der Waals surface area contributed by atoms with E-state index in [1.54, 1.807) is 0 Å². The van der Waals surface area contributed by atoms with E-state index in [1.165, 1.54) is 0 Å².